The fourth-order valence-electron chi connectivity index (χ4n) is 1.22. The molecule has 1 rings (SSSR count). The van der Waals surface area contributed by atoms with Crippen LogP contribution in [0.25, 0.3) is 0 Å². The van der Waals surface area contributed by atoms with E-state index in [-0.39, 0.29) is 18.0 Å². The summed E-state index contributed by atoms with van der Waals surface area (Å²) in [6.07, 6.45) is -0.683. The average Bonchev–Trinajstić information content (AvgIpc) is 2.23. The van der Waals surface area contributed by atoms with Crippen LogP contribution in [0.15, 0.2) is 18.2 Å². The van der Waals surface area contributed by atoms with E-state index in [0.29, 0.717) is 6.07 Å². The molecule has 0 aromatic heterocycles. The second kappa shape index (κ2) is 5.72. The molecule has 94 valence electrons. The summed E-state index contributed by atoms with van der Waals surface area (Å²) >= 11 is 0. The van der Waals surface area contributed by atoms with E-state index in [1.165, 1.54) is 0 Å². The van der Waals surface area contributed by atoms with Crippen molar-refractivity contribution in [3.63, 3.8) is 0 Å². The van der Waals surface area contributed by atoms with Crippen LogP contribution in [0.1, 0.15) is 24.2 Å². The van der Waals surface area contributed by atoms with Gasteiger partial charge in [-0.25, -0.2) is 8.78 Å². The van der Waals surface area contributed by atoms with Crippen LogP contribution in [0.3, 0.4) is 0 Å². The number of carbonyl (C=O) groups excluding carboxylic acids is 1. The highest BCUT2D eigenvalue weighted by molar-refractivity contribution is 5.94. The van der Waals surface area contributed by atoms with E-state index in [1.54, 1.807) is 13.8 Å². The Kier molecular flexibility index (Phi) is 4.57. The second-order valence-corrected chi connectivity index (χ2v) is 4.18. The van der Waals surface area contributed by atoms with Gasteiger partial charge in [0, 0.05) is 18.2 Å². The van der Waals surface area contributed by atoms with Crippen molar-refractivity contribution in [1.29, 1.82) is 0 Å². The van der Waals surface area contributed by atoms with Crippen molar-refractivity contribution in [2.75, 3.05) is 6.54 Å². The number of benzene rings is 1. The molecule has 1 unspecified atom stereocenters. The Morgan fingerprint density at radius 2 is 1.82 bits per heavy atom. The zero-order valence-electron chi connectivity index (χ0n) is 9.71. The summed E-state index contributed by atoms with van der Waals surface area (Å²) < 4.78 is 25.7. The average molecular weight is 243 g/mol. The van der Waals surface area contributed by atoms with E-state index in [1.807, 2.05) is 0 Å². The van der Waals surface area contributed by atoms with Crippen LogP contribution >= 0.6 is 0 Å². The number of halogens is 2. The quantitative estimate of drug-likeness (QED) is 0.845. The Morgan fingerprint density at radius 1 is 1.29 bits per heavy atom. The molecular weight excluding hydrogens is 228 g/mol. The Labute approximate surface area is 98.5 Å². The molecule has 0 saturated heterocycles. The minimum atomic E-state index is -0.806. The third-order valence-electron chi connectivity index (χ3n) is 2.37. The third kappa shape index (κ3) is 4.11. The molecule has 0 aliphatic carbocycles. The lowest BCUT2D eigenvalue weighted by Crippen LogP contribution is -2.34. The molecule has 0 saturated carbocycles. The summed E-state index contributed by atoms with van der Waals surface area (Å²) in [6, 6.07) is 2.58. The van der Waals surface area contributed by atoms with Crippen molar-refractivity contribution in [2.24, 2.45) is 5.92 Å². The summed E-state index contributed by atoms with van der Waals surface area (Å²) in [6.45, 7) is 3.66. The molecule has 3 nitrogen and oxygen atoms in total. The molecule has 0 aliphatic heterocycles. The zero-order chi connectivity index (χ0) is 13.0. The van der Waals surface area contributed by atoms with E-state index in [9.17, 15) is 18.7 Å². The highest BCUT2D eigenvalue weighted by atomic mass is 19.1. The van der Waals surface area contributed by atoms with Gasteiger partial charge in [-0.05, 0) is 18.1 Å². The number of rotatable bonds is 4. The van der Waals surface area contributed by atoms with Gasteiger partial charge in [0.15, 0.2) is 0 Å². The number of hydrogen-bond acceptors (Lipinski definition) is 2. The Hall–Kier alpha value is -1.49. The molecule has 1 aromatic rings. The molecule has 2 N–H and O–H groups in total. The molecule has 0 bridgehead atoms. The molecule has 0 heterocycles. The fourth-order valence-corrected chi connectivity index (χ4v) is 1.22. The Morgan fingerprint density at radius 3 is 2.29 bits per heavy atom. The molecule has 5 heteroatoms. The van der Waals surface area contributed by atoms with Crippen LogP contribution in [-0.4, -0.2) is 23.7 Å². The number of nitrogens with one attached hydrogen (secondary N) is 1. The Balaban J connectivity index is 2.64. The van der Waals surface area contributed by atoms with Gasteiger partial charge in [-0.2, -0.15) is 0 Å². The molecule has 17 heavy (non-hydrogen) atoms. The van der Waals surface area contributed by atoms with Crippen LogP contribution in [0.2, 0.25) is 0 Å². The lowest BCUT2D eigenvalue weighted by Gasteiger charge is -2.15. The third-order valence-corrected chi connectivity index (χ3v) is 2.37. The Bertz CT molecular complexity index is 387. The normalized spacial score (nSPS) is 12.6. The van der Waals surface area contributed by atoms with E-state index in [0.717, 1.165) is 12.1 Å². The second-order valence-electron chi connectivity index (χ2n) is 4.18. The predicted octanol–water partition coefficient (Wildman–Crippen LogP) is 1.71. The van der Waals surface area contributed by atoms with Crippen molar-refractivity contribution in [2.45, 2.75) is 20.0 Å². The fraction of sp³-hybridized carbons (Fsp3) is 0.417. The largest absolute Gasteiger partial charge is 0.391 e. The minimum absolute atomic E-state index is 0.000421. The van der Waals surface area contributed by atoms with Crippen molar-refractivity contribution >= 4 is 5.91 Å². The lowest BCUT2D eigenvalue weighted by molar-refractivity contribution is 0.0871. The van der Waals surface area contributed by atoms with E-state index in [4.69, 9.17) is 0 Å². The van der Waals surface area contributed by atoms with Crippen molar-refractivity contribution < 1.29 is 18.7 Å². The maximum atomic E-state index is 12.8. The van der Waals surface area contributed by atoms with Crippen molar-refractivity contribution in [3.8, 4) is 0 Å². The number of aliphatic hydroxyl groups excluding tert-OH is 1. The summed E-state index contributed by atoms with van der Waals surface area (Å²) in [5.41, 5.74) is -0.0987. The summed E-state index contributed by atoms with van der Waals surface area (Å²) in [7, 11) is 0. The van der Waals surface area contributed by atoms with Gasteiger partial charge >= 0.3 is 0 Å². The van der Waals surface area contributed by atoms with Crippen LogP contribution in [0.4, 0.5) is 8.78 Å². The maximum absolute atomic E-state index is 12.8. The molecule has 1 atom stereocenters. The van der Waals surface area contributed by atoms with Gasteiger partial charge in [-0.3, -0.25) is 4.79 Å². The summed E-state index contributed by atoms with van der Waals surface area (Å²) in [5, 5.41) is 11.9. The topological polar surface area (TPSA) is 49.3 Å². The zero-order valence-corrected chi connectivity index (χ0v) is 9.71. The van der Waals surface area contributed by atoms with Crippen LogP contribution < -0.4 is 5.32 Å². The van der Waals surface area contributed by atoms with E-state index in [2.05, 4.69) is 5.32 Å². The van der Waals surface area contributed by atoms with Crippen molar-refractivity contribution in [1.82, 2.24) is 5.32 Å². The van der Waals surface area contributed by atoms with E-state index < -0.39 is 23.6 Å². The molecule has 0 spiro atoms. The predicted molar refractivity (Wildman–Crippen MR) is 59.5 cm³/mol. The van der Waals surface area contributed by atoms with Gasteiger partial charge < -0.3 is 10.4 Å². The summed E-state index contributed by atoms with van der Waals surface area (Å²) in [4.78, 5) is 11.5. The van der Waals surface area contributed by atoms with Crippen LogP contribution in [0, 0.1) is 17.6 Å². The highest BCUT2D eigenvalue weighted by Gasteiger charge is 2.13. The van der Waals surface area contributed by atoms with Crippen LogP contribution in [0.5, 0.6) is 0 Å². The van der Waals surface area contributed by atoms with Gasteiger partial charge in [-0.15, -0.1) is 0 Å². The minimum Gasteiger partial charge on any atom is -0.391 e. The standard InChI is InChI=1S/C12H15F2NO2/c1-7(2)11(16)6-15-12(17)8-3-9(13)5-10(14)4-8/h3-5,7,11,16H,6H2,1-2H3,(H,15,17). The number of carbonyl (C=O) groups is 1. The van der Waals surface area contributed by atoms with Gasteiger partial charge in [0.2, 0.25) is 0 Å². The SMILES string of the molecule is CC(C)C(O)CNC(=O)c1cc(F)cc(F)c1. The first kappa shape index (κ1) is 13.6. The number of amides is 1. The first-order chi connectivity index (χ1) is 7.90. The first-order valence-corrected chi connectivity index (χ1v) is 5.32. The summed E-state index contributed by atoms with van der Waals surface area (Å²) in [5.74, 6) is -2.22. The van der Waals surface area contributed by atoms with Gasteiger partial charge in [0.05, 0.1) is 6.10 Å². The molecule has 1 amide bonds. The monoisotopic (exact) mass is 243 g/mol. The molecule has 0 radical (unpaired) electrons. The van der Waals surface area contributed by atoms with Gasteiger partial charge in [0.25, 0.3) is 5.91 Å². The number of hydrogen-bond donors (Lipinski definition) is 2. The molecule has 0 aliphatic rings. The maximum Gasteiger partial charge on any atom is 0.251 e. The number of aliphatic hydroxyl groups is 1. The lowest BCUT2D eigenvalue weighted by atomic mass is 10.1. The van der Waals surface area contributed by atoms with E-state index >= 15 is 0 Å². The molecular formula is C12H15F2NO2. The molecule has 0 fully saturated rings. The highest BCUT2D eigenvalue weighted by Crippen LogP contribution is 2.08. The smallest absolute Gasteiger partial charge is 0.251 e. The van der Waals surface area contributed by atoms with Gasteiger partial charge in [-0.1, -0.05) is 13.8 Å². The molecule has 1 aromatic carbocycles. The van der Waals surface area contributed by atoms with Crippen LogP contribution in [-0.2, 0) is 0 Å². The van der Waals surface area contributed by atoms with Crippen molar-refractivity contribution in [3.05, 3.63) is 35.4 Å². The first-order valence-electron chi connectivity index (χ1n) is 5.32. The van der Waals surface area contributed by atoms with Gasteiger partial charge in [0.1, 0.15) is 11.6 Å².